The number of amides is 1. The quantitative estimate of drug-likeness (QED) is 0.840. The van der Waals surface area contributed by atoms with Crippen molar-refractivity contribution in [2.24, 2.45) is 11.7 Å². The average molecular weight is 296 g/mol. The van der Waals surface area contributed by atoms with E-state index in [4.69, 9.17) is 18.0 Å². The summed E-state index contributed by atoms with van der Waals surface area (Å²) < 4.78 is 0. The van der Waals surface area contributed by atoms with Gasteiger partial charge >= 0.3 is 0 Å². The Morgan fingerprint density at radius 1 is 1.58 bits per heavy atom. The van der Waals surface area contributed by atoms with E-state index in [0.29, 0.717) is 17.3 Å². The van der Waals surface area contributed by atoms with Crippen molar-refractivity contribution in [1.82, 2.24) is 5.32 Å². The number of carbonyl (C=O) groups excluding carboxylic acids is 1. The molecule has 0 radical (unpaired) electrons. The molecular formula is C14H20N2OS2. The smallest absolute Gasteiger partial charge is 0.225 e. The summed E-state index contributed by atoms with van der Waals surface area (Å²) in [6, 6.07) is 1.97. The highest BCUT2D eigenvalue weighted by Crippen LogP contribution is 2.32. The van der Waals surface area contributed by atoms with Crippen LogP contribution in [0.2, 0.25) is 0 Å². The molecule has 1 aromatic heterocycles. The van der Waals surface area contributed by atoms with E-state index in [9.17, 15) is 4.79 Å². The average Bonchev–Trinajstić information content (AvgIpc) is 2.84. The SMILES string of the molecule is CC1CCC(NC(=O)Cc2ccsc2)(C(N)=S)CC1. The Morgan fingerprint density at radius 3 is 2.79 bits per heavy atom. The summed E-state index contributed by atoms with van der Waals surface area (Å²) >= 11 is 6.80. The van der Waals surface area contributed by atoms with Gasteiger partial charge in [0.1, 0.15) is 0 Å². The van der Waals surface area contributed by atoms with Crippen molar-refractivity contribution in [3.05, 3.63) is 22.4 Å². The zero-order valence-electron chi connectivity index (χ0n) is 11.1. The highest BCUT2D eigenvalue weighted by Gasteiger charge is 2.38. The molecule has 1 aliphatic carbocycles. The molecule has 0 atom stereocenters. The standard InChI is InChI=1S/C14H20N2OS2/c1-10-2-5-14(6-3-10,13(15)18)16-12(17)8-11-4-7-19-9-11/h4,7,9-10H,2-3,5-6,8H2,1H3,(H2,15,18)(H,16,17). The fourth-order valence-corrected chi connectivity index (χ4v) is 3.50. The minimum Gasteiger partial charge on any atom is -0.391 e. The predicted molar refractivity (Wildman–Crippen MR) is 83.3 cm³/mol. The molecule has 0 bridgehead atoms. The first-order valence-corrected chi connectivity index (χ1v) is 7.99. The topological polar surface area (TPSA) is 55.1 Å². The summed E-state index contributed by atoms with van der Waals surface area (Å²) in [5.41, 5.74) is 6.47. The minimum atomic E-state index is -0.463. The van der Waals surface area contributed by atoms with Crippen molar-refractivity contribution < 1.29 is 4.79 Å². The summed E-state index contributed by atoms with van der Waals surface area (Å²) in [5.74, 6) is 0.706. The van der Waals surface area contributed by atoms with E-state index in [1.807, 2.05) is 16.8 Å². The fraction of sp³-hybridized carbons (Fsp3) is 0.571. The predicted octanol–water partition coefficient (Wildman–Crippen LogP) is 2.64. The Kier molecular flexibility index (Phi) is 4.58. The van der Waals surface area contributed by atoms with Crippen LogP contribution in [0.1, 0.15) is 38.2 Å². The summed E-state index contributed by atoms with van der Waals surface area (Å²) in [6.45, 7) is 2.23. The lowest BCUT2D eigenvalue weighted by Gasteiger charge is -2.39. The molecule has 1 aromatic rings. The number of nitrogens with two attached hydrogens (primary N) is 1. The summed E-state index contributed by atoms with van der Waals surface area (Å²) in [6.07, 6.45) is 4.26. The van der Waals surface area contributed by atoms with Gasteiger partial charge in [0, 0.05) is 0 Å². The van der Waals surface area contributed by atoms with Gasteiger partial charge in [0.15, 0.2) is 0 Å². The molecule has 0 unspecified atom stereocenters. The maximum Gasteiger partial charge on any atom is 0.225 e. The van der Waals surface area contributed by atoms with Crippen LogP contribution in [0.4, 0.5) is 0 Å². The zero-order chi connectivity index (χ0) is 13.9. The highest BCUT2D eigenvalue weighted by molar-refractivity contribution is 7.80. The number of rotatable bonds is 4. The summed E-state index contributed by atoms with van der Waals surface area (Å²) in [4.78, 5) is 12.6. The molecule has 104 valence electrons. The van der Waals surface area contributed by atoms with E-state index in [0.717, 1.165) is 31.2 Å². The van der Waals surface area contributed by atoms with Crippen molar-refractivity contribution in [1.29, 1.82) is 0 Å². The molecule has 1 saturated carbocycles. The molecule has 1 fully saturated rings. The van der Waals surface area contributed by atoms with Crippen LogP contribution in [-0.2, 0) is 11.2 Å². The van der Waals surface area contributed by atoms with Crippen LogP contribution in [0.5, 0.6) is 0 Å². The first-order chi connectivity index (χ1) is 9.02. The second kappa shape index (κ2) is 6.01. The molecule has 3 nitrogen and oxygen atoms in total. The van der Waals surface area contributed by atoms with E-state index in [1.165, 1.54) is 0 Å². The molecule has 2 rings (SSSR count). The second-order valence-corrected chi connectivity index (χ2v) is 6.71. The van der Waals surface area contributed by atoms with E-state index in [2.05, 4.69) is 12.2 Å². The third-order valence-electron chi connectivity index (χ3n) is 3.92. The van der Waals surface area contributed by atoms with Gasteiger partial charge in [-0.2, -0.15) is 11.3 Å². The lowest BCUT2D eigenvalue weighted by atomic mass is 9.77. The molecule has 19 heavy (non-hydrogen) atoms. The zero-order valence-corrected chi connectivity index (χ0v) is 12.8. The number of thiocarbonyl (C=S) groups is 1. The van der Waals surface area contributed by atoms with E-state index in [1.54, 1.807) is 11.3 Å². The van der Waals surface area contributed by atoms with Crippen LogP contribution in [-0.4, -0.2) is 16.4 Å². The maximum atomic E-state index is 12.1. The second-order valence-electron chi connectivity index (χ2n) is 5.49. The largest absolute Gasteiger partial charge is 0.391 e. The molecule has 0 saturated heterocycles. The highest BCUT2D eigenvalue weighted by atomic mass is 32.1. The Morgan fingerprint density at radius 2 is 2.26 bits per heavy atom. The van der Waals surface area contributed by atoms with Crippen molar-refractivity contribution in [2.45, 2.75) is 44.6 Å². The first kappa shape index (κ1) is 14.5. The molecule has 0 aromatic carbocycles. The number of thiophene rings is 1. The van der Waals surface area contributed by atoms with Gasteiger partial charge in [0.2, 0.25) is 5.91 Å². The van der Waals surface area contributed by atoms with Gasteiger partial charge < -0.3 is 11.1 Å². The molecule has 1 aliphatic rings. The molecule has 3 N–H and O–H groups in total. The van der Waals surface area contributed by atoms with E-state index >= 15 is 0 Å². The first-order valence-electron chi connectivity index (χ1n) is 6.64. The van der Waals surface area contributed by atoms with Crippen LogP contribution < -0.4 is 11.1 Å². The van der Waals surface area contributed by atoms with Gasteiger partial charge in [0.05, 0.1) is 16.9 Å². The van der Waals surface area contributed by atoms with Gasteiger partial charge in [-0.15, -0.1) is 0 Å². The van der Waals surface area contributed by atoms with E-state index < -0.39 is 5.54 Å². The Bertz CT molecular complexity index is 448. The van der Waals surface area contributed by atoms with Crippen molar-refractivity contribution in [3.63, 3.8) is 0 Å². The summed E-state index contributed by atoms with van der Waals surface area (Å²) in [5, 5.41) is 7.07. The van der Waals surface area contributed by atoms with Crippen molar-refractivity contribution in [2.75, 3.05) is 0 Å². The number of hydrogen-bond donors (Lipinski definition) is 2. The van der Waals surface area contributed by atoms with E-state index in [-0.39, 0.29) is 5.91 Å². The monoisotopic (exact) mass is 296 g/mol. The Balaban J connectivity index is 2.01. The van der Waals surface area contributed by atoms with Crippen LogP contribution in [0.25, 0.3) is 0 Å². The summed E-state index contributed by atoms with van der Waals surface area (Å²) in [7, 11) is 0. The maximum absolute atomic E-state index is 12.1. The van der Waals surface area contributed by atoms with Gasteiger partial charge in [0.25, 0.3) is 0 Å². The van der Waals surface area contributed by atoms with Gasteiger partial charge in [-0.1, -0.05) is 19.1 Å². The van der Waals surface area contributed by atoms with Crippen molar-refractivity contribution >= 4 is 34.5 Å². The van der Waals surface area contributed by atoms with Gasteiger partial charge in [-0.05, 0) is 54.0 Å². The third-order valence-corrected chi connectivity index (χ3v) is 5.05. The Hall–Kier alpha value is -0.940. The molecule has 0 aliphatic heterocycles. The van der Waals surface area contributed by atoms with Crippen LogP contribution in [0.15, 0.2) is 16.8 Å². The van der Waals surface area contributed by atoms with Gasteiger partial charge in [-0.25, -0.2) is 0 Å². The lowest BCUT2D eigenvalue weighted by Crippen LogP contribution is -2.58. The Labute approximate surface area is 123 Å². The number of nitrogens with one attached hydrogen (secondary N) is 1. The van der Waals surface area contributed by atoms with Crippen LogP contribution >= 0.6 is 23.6 Å². The molecule has 0 spiro atoms. The number of carbonyl (C=O) groups is 1. The minimum absolute atomic E-state index is 0.0146. The number of hydrogen-bond acceptors (Lipinski definition) is 3. The normalized spacial score (nSPS) is 26.9. The van der Waals surface area contributed by atoms with Gasteiger partial charge in [-0.3, -0.25) is 4.79 Å². The third kappa shape index (κ3) is 3.54. The molecule has 5 heteroatoms. The molecule has 1 heterocycles. The van der Waals surface area contributed by atoms with Crippen LogP contribution in [0.3, 0.4) is 0 Å². The molecular weight excluding hydrogens is 276 g/mol. The molecule has 1 amide bonds. The lowest BCUT2D eigenvalue weighted by molar-refractivity contribution is -0.122. The fourth-order valence-electron chi connectivity index (χ4n) is 2.58. The van der Waals surface area contributed by atoms with Crippen molar-refractivity contribution in [3.8, 4) is 0 Å². The van der Waals surface area contributed by atoms with Crippen LogP contribution in [0, 0.1) is 5.92 Å².